The van der Waals surface area contributed by atoms with Crippen LogP contribution in [0.4, 0.5) is 0 Å². The van der Waals surface area contributed by atoms with E-state index in [0.717, 1.165) is 15.6 Å². The SMILES string of the molecule is COC(=O)c1cccc(C)c1CCC(=O)c1cccc(Br)c1. The third-order valence-electron chi connectivity index (χ3n) is 3.56. The monoisotopic (exact) mass is 360 g/mol. The number of hydrogen-bond donors (Lipinski definition) is 0. The fraction of sp³-hybridized carbons (Fsp3) is 0.222. The van der Waals surface area contributed by atoms with Crippen molar-refractivity contribution in [2.45, 2.75) is 19.8 Å². The average Bonchev–Trinajstić information content (AvgIpc) is 2.52. The zero-order valence-electron chi connectivity index (χ0n) is 12.6. The molecule has 0 saturated heterocycles. The van der Waals surface area contributed by atoms with Crippen LogP contribution in [0.5, 0.6) is 0 Å². The highest BCUT2D eigenvalue weighted by Gasteiger charge is 2.15. The maximum absolute atomic E-state index is 12.3. The number of halogens is 1. The van der Waals surface area contributed by atoms with Crippen LogP contribution in [0.15, 0.2) is 46.9 Å². The van der Waals surface area contributed by atoms with Crippen molar-refractivity contribution in [3.63, 3.8) is 0 Å². The van der Waals surface area contributed by atoms with Gasteiger partial charge in [-0.25, -0.2) is 4.79 Å². The van der Waals surface area contributed by atoms with Crippen LogP contribution in [0.1, 0.15) is 38.3 Å². The van der Waals surface area contributed by atoms with E-state index in [1.807, 2.05) is 31.2 Å². The van der Waals surface area contributed by atoms with Crippen LogP contribution in [0, 0.1) is 6.92 Å². The molecule has 114 valence electrons. The van der Waals surface area contributed by atoms with Gasteiger partial charge in [-0.3, -0.25) is 4.79 Å². The Morgan fingerprint density at radius 2 is 1.86 bits per heavy atom. The number of esters is 1. The van der Waals surface area contributed by atoms with Crippen molar-refractivity contribution >= 4 is 27.7 Å². The third-order valence-corrected chi connectivity index (χ3v) is 4.06. The summed E-state index contributed by atoms with van der Waals surface area (Å²) >= 11 is 3.36. The summed E-state index contributed by atoms with van der Waals surface area (Å²) in [6.07, 6.45) is 0.869. The van der Waals surface area contributed by atoms with Crippen molar-refractivity contribution in [2.75, 3.05) is 7.11 Å². The molecule has 2 aromatic carbocycles. The van der Waals surface area contributed by atoms with E-state index in [9.17, 15) is 9.59 Å². The molecule has 0 atom stereocenters. The maximum Gasteiger partial charge on any atom is 0.338 e. The molecule has 0 aliphatic carbocycles. The van der Waals surface area contributed by atoms with Gasteiger partial charge in [-0.1, -0.05) is 40.2 Å². The Labute approximate surface area is 138 Å². The van der Waals surface area contributed by atoms with Gasteiger partial charge in [0.1, 0.15) is 0 Å². The molecule has 22 heavy (non-hydrogen) atoms. The van der Waals surface area contributed by atoms with Crippen molar-refractivity contribution in [2.24, 2.45) is 0 Å². The van der Waals surface area contributed by atoms with Gasteiger partial charge in [0.15, 0.2) is 5.78 Å². The number of Topliss-reactive ketones (excluding diaryl/α,β-unsaturated/α-hetero) is 1. The molecule has 0 bridgehead atoms. The minimum absolute atomic E-state index is 0.0559. The third kappa shape index (κ3) is 3.83. The van der Waals surface area contributed by atoms with Crippen molar-refractivity contribution in [3.05, 3.63) is 69.2 Å². The number of methoxy groups -OCH3 is 1. The molecule has 0 aliphatic rings. The molecule has 0 N–H and O–H groups in total. The van der Waals surface area contributed by atoms with E-state index in [4.69, 9.17) is 4.74 Å². The highest BCUT2D eigenvalue weighted by Crippen LogP contribution is 2.19. The molecule has 0 saturated carbocycles. The smallest absolute Gasteiger partial charge is 0.338 e. The molecule has 0 fully saturated rings. The van der Waals surface area contributed by atoms with Gasteiger partial charge in [0.05, 0.1) is 12.7 Å². The number of hydrogen-bond acceptors (Lipinski definition) is 3. The van der Waals surface area contributed by atoms with Gasteiger partial charge in [-0.05, 0) is 42.7 Å². The summed E-state index contributed by atoms with van der Waals surface area (Å²) in [7, 11) is 1.36. The number of rotatable bonds is 5. The molecular weight excluding hydrogens is 344 g/mol. The van der Waals surface area contributed by atoms with Gasteiger partial charge in [-0.15, -0.1) is 0 Å². The predicted octanol–water partition coefficient (Wildman–Crippen LogP) is 4.36. The summed E-state index contributed by atoms with van der Waals surface area (Å²) in [6.45, 7) is 1.94. The second-order valence-corrected chi connectivity index (χ2v) is 5.94. The highest BCUT2D eigenvalue weighted by molar-refractivity contribution is 9.10. The number of ether oxygens (including phenoxy) is 1. The molecule has 0 radical (unpaired) electrons. The highest BCUT2D eigenvalue weighted by atomic mass is 79.9. The first kappa shape index (κ1) is 16.4. The number of benzene rings is 2. The van der Waals surface area contributed by atoms with E-state index < -0.39 is 0 Å². The summed E-state index contributed by atoms with van der Waals surface area (Å²) in [5.74, 6) is -0.311. The molecule has 0 unspecified atom stereocenters. The quantitative estimate of drug-likeness (QED) is 0.587. The summed E-state index contributed by atoms with van der Waals surface area (Å²) in [5, 5.41) is 0. The molecule has 2 aromatic rings. The van der Waals surface area contributed by atoms with Crippen LogP contribution >= 0.6 is 15.9 Å². The normalized spacial score (nSPS) is 10.3. The molecule has 0 amide bonds. The standard InChI is InChI=1S/C18H17BrO3/c1-12-5-3-8-16(18(21)22-2)15(12)9-10-17(20)13-6-4-7-14(19)11-13/h3-8,11H,9-10H2,1-2H3. The van der Waals surface area contributed by atoms with Crippen molar-refractivity contribution in [3.8, 4) is 0 Å². The van der Waals surface area contributed by atoms with E-state index in [1.54, 1.807) is 18.2 Å². The van der Waals surface area contributed by atoms with Crippen LogP contribution in [0.3, 0.4) is 0 Å². The molecule has 0 spiro atoms. The van der Waals surface area contributed by atoms with Crippen molar-refractivity contribution in [1.29, 1.82) is 0 Å². The Bertz CT molecular complexity index is 707. The average molecular weight is 361 g/mol. The van der Waals surface area contributed by atoms with E-state index in [-0.39, 0.29) is 11.8 Å². The van der Waals surface area contributed by atoms with Gasteiger partial charge < -0.3 is 4.74 Å². The maximum atomic E-state index is 12.3. The van der Waals surface area contributed by atoms with E-state index in [2.05, 4.69) is 15.9 Å². The van der Waals surface area contributed by atoms with Gasteiger partial charge in [0, 0.05) is 16.5 Å². The summed E-state index contributed by atoms with van der Waals surface area (Å²) in [6, 6.07) is 12.8. The molecule has 3 nitrogen and oxygen atoms in total. The molecule has 0 aromatic heterocycles. The molecule has 2 rings (SSSR count). The van der Waals surface area contributed by atoms with Crippen LogP contribution in [-0.4, -0.2) is 18.9 Å². The van der Waals surface area contributed by atoms with Crippen LogP contribution in [-0.2, 0) is 11.2 Å². The Hall–Kier alpha value is -1.94. The van der Waals surface area contributed by atoms with Gasteiger partial charge in [-0.2, -0.15) is 0 Å². The zero-order chi connectivity index (χ0) is 16.1. The predicted molar refractivity (Wildman–Crippen MR) is 89.3 cm³/mol. The number of carbonyl (C=O) groups is 2. The Morgan fingerprint density at radius 3 is 2.55 bits per heavy atom. The largest absolute Gasteiger partial charge is 0.465 e. The Morgan fingerprint density at radius 1 is 1.14 bits per heavy atom. The second kappa shape index (κ2) is 7.36. The Kier molecular flexibility index (Phi) is 5.50. The topological polar surface area (TPSA) is 43.4 Å². The number of ketones is 1. The molecular formula is C18H17BrO3. The Balaban J connectivity index is 2.18. The van der Waals surface area contributed by atoms with Crippen LogP contribution in [0.25, 0.3) is 0 Å². The summed E-state index contributed by atoms with van der Waals surface area (Å²) < 4.78 is 5.69. The first-order chi connectivity index (χ1) is 10.5. The van der Waals surface area contributed by atoms with Gasteiger partial charge in [0.2, 0.25) is 0 Å². The van der Waals surface area contributed by atoms with Gasteiger partial charge in [0.25, 0.3) is 0 Å². The molecule has 4 heteroatoms. The lowest BCUT2D eigenvalue weighted by Crippen LogP contribution is -2.09. The first-order valence-electron chi connectivity index (χ1n) is 6.98. The minimum atomic E-state index is -0.367. The molecule has 0 heterocycles. The lowest BCUT2D eigenvalue weighted by molar-refractivity contribution is 0.0598. The molecule has 0 aliphatic heterocycles. The van der Waals surface area contributed by atoms with E-state index in [0.29, 0.717) is 24.0 Å². The van der Waals surface area contributed by atoms with Crippen molar-refractivity contribution in [1.82, 2.24) is 0 Å². The summed E-state index contributed by atoms with van der Waals surface area (Å²) in [5.41, 5.74) is 3.06. The summed E-state index contributed by atoms with van der Waals surface area (Å²) in [4.78, 5) is 24.1. The lowest BCUT2D eigenvalue weighted by atomic mass is 9.95. The fourth-order valence-electron chi connectivity index (χ4n) is 2.38. The lowest BCUT2D eigenvalue weighted by Gasteiger charge is -2.11. The minimum Gasteiger partial charge on any atom is -0.465 e. The first-order valence-corrected chi connectivity index (χ1v) is 7.78. The second-order valence-electron chi connectivity index (χ2n) is 5.03. The number of aryl methyl sites for hydroxylation is 1. The van der Waals surface area contributed by atoms with Crippen LogP contribution in [0.2, 0.25) is 0 Å². The van der Waals surface area contributed by atoms with E-state index in [1.165, 1.54) is 7.11 Å². The zero-order valence-corrected chi connectivity index (χ0v) is 14.1. The van der Waals surface area contributed by atoms with E-state index >= 15 is 0 Å². The fourth-order valence-corrected chi connectivity index (χ4v) is 2.78. The van der Waals surface area contributed by atoms with Crippen LogP contribution < -0.4 is 0 Å². The van der Waals surface area contributed by atoms with Crippen molar-refractivity contribution < 1.29 is 14.3 Å². The number of carbonyl (C=O) groups excluding carboxylic acids is 2. The van der Waals surface area contributed by atoms with Gasteiger partial charge >= 0.3 is 5.97 Å².